The summed E-state index contributed by atoms with van der Waals surface area (Å²) in [5.41, 5.74) is 0.0214. The zero-order valence-corrected chi connectivity index (χ0v) is 12.6. The van der Waals surface area contributed by atoms with E-state index in [1.165, 1.54) is 6.07 Å². The van der Waals surface area contributed by atoms with Crippen molar-refractivity contribution in [2.75, 3.05) is 19.8 Å². The second-order valence-corrected chi connectivity index (χ2v) is 5.12. The molecule has 0 atom stereocenters. The summed E-state index contributed by atoms with van der Waals surface area (Å²) in [6.45, 7) is 5.43. The fourth-order valence-corrected chi connectivity index (χ4v) is 2.39. The second kappa shape index (κ2) is 8.16. The standard InChI is InChI=1S/C11H18NO7P/c1-4-15-11(13)10-7-9(19-12-10)8-18-20(14,16-5-2)17-6-3/h7H,4-6,8H2,1-3H3. The van der Waals surface area contributed by atoms with E-state index in [1.807, 2.05) is 0 Å². The van der Waals surface area contributed by atoms with Crippen molar-refractivity contribution >= 4 is 13.8 Å². The van der Waals surface area contributed by atoms with Crippen LogP contribution in [0.1, 0.15) is 37.0 Å². The van der Waals surface area contributed by atoms with Crippen LogP contribution < -0.4 is 0 Å². The summed E-state index contributed by atoms with van der Waals surface area (Å²) in [6, 6.07) is 1.35. The Morgan fingerprint density at radius 2 is 1.85 bits per heavy atom. The Labute approximate surface area is 116 Å². The lowest BCUT2D eigenvalue weighted by molar-refractivity contribution is 0.0513. The van der Waals surface area contributed by atoms with Crippen molar-refractivity contribution in [3.63, 3.8) is 0 Å². The van der Waals surface area contributed by atoms with Crippen LogP contribution in [-0.2, 0) is 29.5 Å². The molecule has 0 amide bonds. The lowest BCUT2D eigenvalue weighted by Crippen LogP contribution is -2.04. The van der Waals surface area contributed by atoms with Gasteiger partial charge >= 0.3 is 13.8 Å². The highest BCUT2D eigenvalue weighted by Crippen LogP contribution is 2.49. The number of esters is 1. The van der Waals surface area contributed by atoms with Gasteiger partial charge in [-0.05, 0) is 20.8 Å². The molecule has 0 spiro atoms. The third-order valence-corrected chi connectivity index (χ3v) is 3.58. The number of rotatable bonds is 9. The van der Waals surface area contributed by atoms with Crippen LogP contribution in [0.4, 0.5) is 0 Å². The predicted octanol–water partition coefficient (Wildman–Crippen LogP) is 2.55. The molecule has 0 bridgehead atoms. The van der Waals surface area contributed by atoms with Crippen molar-refractivity contribution in [1.82, 2.24) is 5.16 Å². The molecule has 0 aliphatic rings. The quantitative estimate of drug-likeness (QED) is 0.507. The third kappa shape index (κ3) is 5.05. The van der Waals surface area contributed by atoms with Crippen molar-refractivity contribution in [1.29, 1.82) is 0 Å². The second-order valence-electron chi connectivity index (χ2n) is 3.46. The third-order valence-electron chi connectivity index (χ3n) is 1.98. The van der Waals surface area contributed by atoms with Gasteiger partial charge in [0, 0.05) is 6.07 Å². The fourth-order valence-electron chi connectivity index (χ4n) is 1.25. The number of ether oxygens (including phenoxy) is 1. The Morgan fingerprint density at radius 1 is 1.20 bits per heavy atom. The number of aromatic nitrogens is 1. The Hall–Kier alpha value is -1.21. The minimum Gasteiger partial charge on any atom is -0.461 e. The zero-order chi connectivity index (χ0) is 15.0. The van der Waals surface area contributed by atoms with E-state index in [0.29, 0.717) is 0 Å². The molecule has 1 aromatic heterocycles. The van der Waals surface area contributed by atoms with Crippen LogP contribution in [0.25, 0.3) is 0 Å². The van der Waals surface area contributed by atoms with Gasteiger partial charge in [0.2, 0.25) is 0 Å². The van der Waals surface area contributed by atoms with Crippen molar-refractivity contribution < 1.29 is 32.2 Å². The molecule has 114 valence electrons. The Kier molecular flexibility index (Phi) is 6.87. The van der Waals surface area contributed by atoms with Crippen LogP contribution in [0, 0.1) is 0 Å². The topological polar surface area (TPSA) is 97.1 Å². The number of hydrogen-bond acceptors (Lipinski definition) is 8. The largest absolute Gasteiger partial charge is 0.475 e. The number of phosphoric acid groups is 1. The molecule has 0 aliphatic heterocycles. The molecule has 0 saturated heterocycles. The van der Waals surface area contributed by atoms with E-state index >= 15 is 0 Å². The molecular formula is C11H18NO7P. The first-order chi connectivity index (χ1) is 9.54. The van der Waals surface area contributed by atoms with Crippen LogP contribution in [0.5, 0.6) is 0 Å². The Balaban J connectivity index is 2.60. The Bertz CT molecular complexity index is 463. The summed E-state index contributed by atoms with van der Waals surface area (Å²) >= 11 is 0. The van der Waals surface area contributed by atoms with Crippen molar-refractivity contribution in [3.8, 4) is 0 Å². The van der Waals surface area contributed by atoms with Crippen LogP contribution in [0.15, 0.2) is 10.6 Å². The van der Waals surface area contributed by atoms with E-state index in [-0.39, 0.29) is 37.9 Å². The zero-order valence-electron chi connectivity index (χ0n) is 11.7. The molecule has 0 N–H and O–H groups in total. The number of phosphoric ester groups is 1. The average molecular weight is 307 g/mol. The van der Waals surface area contributed by atoms with Crippen molar-refractivity contribution in [2.45, 2.75) is 27.4 Å². The summed E-state index contributed by atoms with van der Waals surface area (Å²) in [4.78, 5) is 11.4. The highest BCUT2D eigenvalue weighted by atomic mass is 31.2. The van der Waals surface area contributed by atoms with Gasteiger partial charge in [0.05, 0.1) is 19.8 Å². The van der Waals surface area contributed by atoms with E-state index in [9.17, 15) is 9.36 Å². The molecule has 9 heteroatoms. The fraction of sp³-hybridized carbons (Fsp3) is 0.636. The highest BCUT2D eigenvalue weighted by Gasteiger charge is 2.26. The van der Waals surface area contributed by atoms with Gasteiger partial charge in [0.15, 0.2) is 11.5 Å². The summed E-state index contributed by atoms with van der Waals surface area (Å²) in [7, 11) is -3.62. The average Bonchev–Trinajstić information content (AvgIpc) is 2.86. The molecular weight excluding hydrogens is 289 g/mol. The lowest BCUT2D eigenvalue weighted by Gasteiger charge is -2.15. The smallest absolute Gasteiger partial charge is 0.461 e. The first-order valence-corrected chi connectivity index (χ1v) is 7.67. The molecule has 0 fully saturated rings. The van der Waals surface area contributed by atoms with Gasteiger partial charge < -0.3 is 9.26 Å². The SMILES string of the molecule is CCOC(=O)c1cc(COP(=O)(OCC)OCC)on1. The molecule has 1 rings (SSSR count). The minimum absolute atomic E-state index is 0.0214. The molecule has 0 aliphatic carbocycles. The summed E-state index contributed by atoms with van der Waals surface area (Å²) in [5.74, 6) is -0.381. The Morgan fingerprint density at radius 3 is 2.40 bits per heavy atom. The number of carbonyl (C=O) groups excluding carboxylic acids is 1. The summed E-state index contributed by atoms with van der Waals surface area (Å²) in [6.07, 6.45) is 0. The van der Waals surface area contributed by atoms with Gasteiger partial charge in [-0.2, -0.15) is 0 Å². The van der Waals surface area contributed by atoms with E-state index in [0.717, 1.165) is 0 Å². The molecule has 0 aromatic carbocycles. The number of hydrogen-bond donors (Lipinski definition) is 0. The molecule has 1 aromatic rings. The molecule has 0 unspecified atom stereocenters. The normalized spacial score (nSPS) is 11.6. The molecule has 1 heterocycles. The number of carbonyl (C=O) groups is 1. The maximum Gasteiger partial charge on any atom is 0.475 e. The van der Waals surface area contributed by atoms with Gasteiger partial charge in [-0.25, -0.2) is 9.36 Å². The lowest BCUT2D eigenvalue weighted by atomic mass is 10.4. The van der Waals surface area contributed by atoms with Crippen LogP contribution in [0.2, 0.25) is 0 Å². The van der Waals surface area contributed by atoms with E-state index in [4.69, 9.17) is 22.8 Å². The first-order valence-electron chi connectivity index (χ1n) is 6.21. The van der Waals surface area contributed by atoms with Gasteiger partial charge in [0.25, 0.3) is 0 Å². The van der Waals surface area contributed by atoms with E-state index < -0.39 is 13.8 Å². The van der Waals surface area contributed by atoms with Crippen molar-refractivity contribution in [3.05, 3.63) is 17.5 Å². The molecule has 0 radical (unpaired) electrons. The van der Waals surface area contributed by atoms with Gasteiger partial charge in [-0.3, -0.25) is 13.6 Å². The maximum atomic E-state index is 12.0. The van der Waals surface area contributed by atoms with Crippen LogP contribution in [0.3, 0.4) is 0 Å². The monoisotopic (exact) mass is 307 g/mol. The summed E-state index contributed by atoms with van der Waals surface area (Å²) < 4.78 is 36.6. The van der Waals surface area contributed by atoms with Crippen molar-refractivity contribution in [2.24, 2.45) is 0 Å². The van der Waals surface area contributed by atoms with Gasteiger partial charge in [-0.1, -0.05) is 5.16 Å². The van der Waals surface area contributed by atoms with Gasteiger partial charge in [-0.15, -0.1) is 0 Å². The van der Waals surface area contributed by atoms with E-state index in [2.05, 4.69) is 5.16 Å². The number of nitrogens with zero attached hydrogens (tertiary/aromatic N) is 1. The molecule has 0 saturated carbocycles. The van der Waals surface area contributed by atoms with E-state index in [1.54, 1.807) is 20.8 Å². The van der Waals surface area contributed by atoms with Gasteiger partial charge in [0.1, 0.15) is 6.61 Å². The van der Waals surface area contributed by atoms with Crippen LogP contribution in [-0.4, -0.2) is 30.9 Å². The first kappa shape index (κ1) is 16.8. The maximum absolute atomic E-state index is 12.0. The minimum atomic E-state index is -3.62. The summed E-state index contributed by atoms with van der Waals surface area (Å²) in [5, 5.41) is 3.53. The predicted molar refractivity (Wildman–Crippen MR) is 68.1 cm³/mol. The van der Waals surface area contributed by atoms with Crippen LogP contribution >= 0.6 is 7.82 Å². The molecule has 8 nitrogen and oxygen atoms in total. The molecule has 20 heavy (non-hydrogen) atoms. The highest BCUT2D eigenvalue weighted by molar-refractivity contribution is 7.48.